The standard InChI is InChI=1S/C24H25N5O2/c1-24(2,3)21-14-22-27-19(23(30)26-15-17-9-5-6-11-25-17)13-20(29(22)28-21)16-8-7-10-18(12-16)31-4/h5-14H,15H2,1-4H3,(H,26,30). The Labute approximate surface area is 181 Å². The van der Waals surface area contributed by atoms with Crippen molar-refractivity contribution < 1.29 is 9.53 Å². The fourth-order valence-corrected chi connectivity index (χ4v) is 3.21. The number of ether oxygens (including phenoxy) is 1. The van der Waals surface area contributed by atoms with Crippen LogP contribution in [0.2, 0.25) is 0 Å². The van der Waals surface area contributed by atoms with E-state index in [0.717, 1.165) is 28.4 Å². The lowest BCUT2D eigenvalue weighted by Gasteiger charge is -2.14. The molecule has 0 atom stereocenters. The van der Waals surface area contributed by atoms with Crippen molar-refractivity contribution in [2.75, 3.05) is 7.11 Å². The average Bonchev–Trinajstić information content (AvgIpc) is 3.22. The first kappa shape index (κ1) is 20.5. The second-order valence-corrected chi connectivity index (χ2v) is 8.31. The smallest absolute Gasteiger partial charge is 0.270 e. The van der Waals surface area contributed by atoms with Gasteiger partial charge in [-0.15, -0.1) is 0 Å². The van der Waals surface area contributed by atoms with Crippen LogP contribution >= 0.6 is 0 Å². The van der Waals surface area contributed by atoms with E-state index in [2.05, 4.69) is 36.1 Å². The Morgan fingerprint density at radius 1 is 1.10 bits per heavy atom. The average molecular weight is 415 g/mol. The molecule has 0 aliphatic rings. The summed E-state index contributed by atoms with van der Waals surface area (Å²) < 4.78 is 7.16. The molecule has 3 aromatic heterocycles. The van der Waals surface area contributed by atoms with E-state index in [1.807, 2.05) is 48.5 Å². The molecule has 0 aliphatic heterocycles. The van der Waals surface area contributed by atoms with E-state index in [-0.39, 0.29) is 11.3 Å². The maximum atomic E-state index is 12.9. The Balaban J connectivity index is 1.78. The van der Waals surface area contributed by atoms with E-state index >= 15 is 0 Å². The van der Waals surface area contributed by atoms with Crippen molar-refractivity contribution in [1.82, 2.24) is 24.9 Å². The predicted octanol–water partition coefficient (Wildman–Crippen LogP) is 4.03. The molecule has 0 bridgehead atoms. The molecule has 0 saturated heterocycles. The number of rotatable bonds is 5. The van der Waals surface area contributed by atoms with E-state index in [4.69, 9.17) is 9.84 Å². The number of hydrogen-bond acceptors (Lipinski definition) is 5. The zero-order valence-electron chi connectivity index (χ0n) is 18.1. The summed E-state index contributed by atoms with van der Waals surface area (Å²) in [6, 6.07) is 17.0. The number of nitrogens with zero attached hydrogens (tertiary/aromatic N) is 4. The SMILES string of the molecule is COc1cccc(-c2cc(C(=O)NCc3ccccn3)nc3cc(C(C)(C)C)nn23)c1. The molecule has 0 aliphatic carbocycles. The predicted molar refractivity (Wildman–Crippen MR) is 119 cm³/mol. The maximum Gasteiger partial charge on any atom is 0.270 e. The summed E-state index contributed by atoms with van der Waals surface area (Å²) in [7, 11) is 1.63. The minimum atomic E-state index is -0.268. The third-order valence-electron chi connectivity index (χ3n) is 4.95. The molecular formula is C24H25N5O2. The van der Waals surface area contributed by atoms with Crippen molar-refractivity contribution in [1.29, 1.82) is 0 Å². The molecular weight excluding hydrogens is 390 g/mol. The van der Waals surface area contributed by atoms with Crippen LogP contribution in [0.25, 0.3) is 16.9 Å². The first-order chi connectivity index (χ1) is 14.8. The zero-order valence-corrected chi connectivity index (χ0v) is 18.1. The molecule has 1 amide bonds. The van der Waals surface area contributed by atoms with Gasteiger partial charge in [0.15, 0.2) is 5.65 Å². The van der Waals surface area contributed by atoms with Gasteiger partial charge in [-0.05, 0) is 30.3 Å². The number of aromatic nitrogens is 4. The van der Waals surface area contributed by atoms with Gasteiger partial charge in [0.2, 0.25) is 0 Å². The summed E-state index contributed by atoms with van der Waals surface area (Å²) in [5.41, 5.74) is 4.12. The van der Waals surface area contributed by atoms with Gasteiger partial charge in [-0.2, -0.15) is 5.10 Å². The lowest BCUT2D eigenvalue weighted by atomic mass is 9.93. The Bertz CT molecular complexity index is 1230. The highest BCUT2D eigenvalue weighted by molar-refractivity contribution is 5.94. The molecule has 0 radical (unpaired) electrons. The maximum absolute atomic E-state index is 12.9. The molecule has 3 heterocycles. The minimum Gasteiger partial charge on any atom is -0.497 e. The molecule has 7 heteroatoms. The van der Waals surface area contributed by atoms with Gasteiger partial charge in [-0.25, -0.2) is 9.50 Å². The Morgan fingerprint density at radius 3 is 2.65 bits per heavy atom. The number of fused-ring (bicyclic) bond motifs is 1. The van der Waals surface area contributed by atoms with Gasteiger partial charge >= 0.3 is 0 Å². The summed E-state index contributed by atoms with van der Waals surface area (Å²) in [5, 5.41) is 7.68. The fourth-order valence-electron chi connectivity index (χ4n) is 3.21. The van der Waals surface area contributed by atoms with Gasteiger partial charge < -0.3 is 10.1 Å². The number of amides is 1. The first-order valence-corrected chi connectivity index (χ1v) is 10.1. The van der Waals surface area contributed by atoms with Crippen LogP contribution in [0.15, 0.2) is 60.8 Å². The molecule has 4 rings (SSSR count). The highest BCUT2D eigenvalue weighted by atomic mass is 16.5. The van der Waals surface area contributed by atoms with Crippen LogP contribution in [0.5, 0.6) is 5.75 Å². The summed E-state index contributed by atoms with van der Waals surface area (Å²) in [4.78, 5) is 21.7. The van der Waals surface area contributed by atoms with Crippen LogP contribution in [-0.4, -0.2) is 32.6 Å². The molecule has 0 spiro atoms. The van der Waals surface area contributed by atoms with Crippen LogP contribution < -0.4 is 10.1 Å². The number of hydrogen-bond donors (Lipinski definition) is 1. The topological polar surface area (TPSA) is 81.4 Å². The Kier molecular flexibility index (Phi) is 5.42. The summed E-state index contributed by atoms with van der Waals surface area (Å²) in [6.45, 7) is 6.62. The van der Waals surface area contributed by atoms with Gasteiger partial charge in [0, 0.05) is 23.2 Å². The second kappa shape index (κ2) is 8.18. The van der Waals surface area contributed by atoms with E-state index < -0.39 is 0 Å². The Hall–Kier alpha value is -3.74. The lowest BCUT2D eigenvalue weighted by Crippen LogP contribution is -2.24. The number of carbonyl (C=O) groups is 1. The molecule has 0 saturated carbocycles. The largest absolute Gasteiger partial charge is 0.497 e. The van der Waals surface area contributed by atoms with Crippen LogP contribution in [-0.2, 0) is 12.0 Å². The van der Waals surface area contributed by atoms with Crippen molar-refractivity contribution in [2.45, 2.75) is 32.7 Å². The van der Waals surface area contributed by atoms with Gasteiger partial charge in [-0.3, -0.25) is 9.78 Å². The van der Waals surface area contributed by atoms with Crippen molar-refractivity contribution in [3.8, 4) is 17.0 Å². The van der Waals surface area contributed by atoms with Crippen LogP contribution in [0, 0.1) is 0 Å². The third-order valence-corrected chi connectivity index (χ3v) is 4.95. The highest BCUT2D eigenvalue weighted by Crippen LogP contribution is 2.28. The molecule has 7 nitrogen and oxygen atoms in total. The third kappa shape index (κ3) is 4.40. The van der Waals surface area contributed by atoms with Crippen LogP contribution in [0.3, 0.4) is 0 Å². The van der Waals surface area contributed by atoms with Crippen LogP contribution in [0.4, 0.5) is 0 Å². The van der Waals surface area contributed by atoms with Crippen molar-refractivity contribution in [2.24, 2.45) is 0 Å². The van der Waals surface area contributed by atoms with Gasteiger partial charge in [0.25, 0.3) is 5.91 Å². The van der Waals surface area contributed by atoms with E-state index in [1.165, 1.54) is 0 Å². The second-order valence-electron chi connectivity index (χ2n) is 8.31. The first-order valence-electron chi connectivity index (χ1n) is 10.1. The molecule has 0 unspecified atom stereocenters. The molecule has 0 fully saturated rings. The molecule has 1 aromatic carbocycles. The summed E-state index contributed by atoms with van der Waals surface area (Å²) in [5.74, 6) is 0.461. The molecule has 31 heavy (non-hydrogen) atoms. The zero-order chi connectivity index (χ0) is 22.0. The number of pyridine rings is 1. The van der Waals surface area contributed by atoms with E-state index in [9.17, 15) is 4.79 Å². The summed E-state index contributed by atoms with van der Waals surface area (Å²) in [6.07, 6.45) is 1.70. The fraction of sp³-hybridized carbons (Fsp3) is 0.250. The molecule has 158 valence electrons. The van der Waals surface area contributed by atoms with Crippen molar-refractivity contribution in [3.05, 3.63) is 77.9 Å². The lowest BCUT2D eigenvalue weighted by molar-refractivity contribution is 0.0945. The monoisotopic (exact) mass is 415 g/mol. The van der Waals surface area contributed by atoms with E-state index in [1.54, 1.807) is 23.9 Å². The number of benzene rings is 1. The highest BCUT2D eigenvalue weighted by Gasteiger charge is 2.21. The minimum absolute atomic E-state index is 0.152. The summed E-state index contributed by atoms with van der Waals surface area (Å²) >= 11 is 0. The van der Waals surface area contributed by atoms with Crippen molar-refractivity contribution in [3.63, 3.8) is 0 Å². The molecule has 4 aromatic rings. The van der Waals surface area contributed by atoms with E-state index in [0.29, 0.717) is 17.9 Å². The van der Waals surface area contributed by atoms with Gasteiger partial charge in [-0.1, -0.05) is 39.0 Å². The normalized spacial score (nSPS) is 11.5. The quantitative estimate of drug-likeness (QED) is 0.532. The number of nitrogens with one attached hydrogen (secondary N) is 1. The number of methoxy groups -OCH3 is 1. The Morgan fingerprint density at radius 2 is 1.94 bits per heavy atom. The number of carbonyl (C=O) groups excluding carboxylic acids is 1. The molecule has 1 N–H and O–H groups in total. The van der Waals surface area contributed by atoms with Gasteiger partial charge in [0.1, 0.15) is 11.4 Å². The van der Waals surface area contributed by atoms with Crippen LogP contribution in [0.1, 0.15) is 42.6 Å². The van der Waals surface area contributed by atoms with Gasteiger partial charge in [0.05, 0.1) is 30.7 Å². The van der Waals surface area contributed by atoms with Crippen molar-refractivity contribution >= 4 is 11.6 Å².